The summed E-state index contributed by atoms with van der Waals surface area (Å²) in [5.41, 5.74) is 6.69. The molecule has 0 saturated heterocycles. The average molecular weight is 285 g/mol. The molecule has 0 fully saturated rings. The monoisotopic (exact) mass is 284 g/mol. The number of carbonyl (C=O) groups excluding carboxylic acids is 1. The van der Waals surface area contributed by atoms with Gasteiger partial charge in [0.25, 0.3) is 5.91 Å². The minimum atomic E-state index is -0.151. The lowest BCUT2D eigenvalue weighted by Crippen LogP contribution is -2.35. The molecule has 0 aliphatic rings. The molecule has 1 unspecified atom stereocenters. The van der Waals surface area contributed by atoms with Gasteiger partial charge in [-0.25, -0.2) is 0 Å². The van der Waals surface area contributed by atoms with Crippen LogP contribution in [0, 0.1) is 0 Å². The maximum atomic E-state index is 11.6. The van der Waals surface area contributed by atoms with E-state index in [0.717, 1.165) is 12.0 Å². The maximum absolute atomic E-state index is 11.6. The Hall–Kier alpha value is -1.26. The zero-order valence-corrected chi connectivity index (χ0v) is 12.3. The SMILES string of the molecule is CCC(C)NC(=O)COc1ccc([C@@H](C)N)cc1Cl. The zero-order valence-electron chi connectivity index (χ0n) is 11.6. The molecule has 0 spiro atoms. The van der Waals surface area contributed by atoms with Gasteiger partial charge in [-0.1, -0.05) is 24.6 Å². The van der Waals surface area contributed by atoms with E-state index in [0.29, 0.717) is 10.8 Å². The molecule has 19 heavy (non-hydrogen) atoms. The predicted octanol–water partition coefficient (Wildman–Crippen LogP) is 2.65. The van der Waals surface area contributed by atoms with Crippen molar-refractivity contribution in [1.82, 2.24) is 5.32 Å². The Bertz CT molecular complexity index is 435. The summed E-state index contributed by atoms with van der Waals surface area (Å²) in [4.78, 5) is 11.6. The van der Waals surface area contributed by atoms with Gasteiger partial charge in [0.1, 0.15) is 5.75 Å². The number of nitrogens with two attached hydrogens (primary N) is 1. The summed E-state index contributed by atoms with van der Waals surface area (Å²) in [5.74, 6) is 0.340. The highest BCUT2D eigenvalue weighted by Crippen LogP contribution is 2.27. The van der Waals surface area contributed by atoms with E-state index in [9.17, 15) is 4.79 Å². The number of carbonyl (C=O) groups is 1. The normalized spacial score (nSPS) is 13.7. The number of hydrogen-bond donors (Lipinski definition) is 2. The van der Waals surface area contributed by atoms with E-state index in [1.165, 1.54) is 0 Å². The molecule has 4 nitrogen and oxygen atoms in total. The fourth-order valence-corrected chi connectivity index (χ4v) is 1.72. The van der Waals surface area contributed by atoms with Crippen LogP contribution in [0.4, 0.5) is 0 Å². The van der Waals surface area contributed by atoms with Gasteiger partial charge in [0.05, 0.1) is 5.02 Å². The molecule has 1 rings (SSSR count). The van der Waals surface area contributed by atoms with E-state index in [4.69, 9.17) is 22.1 Å². The lowest BCUT2D eigenvalue weighted by atomic mass is 10.1. The molecule has 1 aromatic rings. The van der Waals surface area contributed by atoms with Gasteiger partial charge in [0.15, 0.2) is 6.61 Å². The maximum Gasteiger partial charge on any atom is 0.258 e. The number of nitrogens with one attached hydrogen (secondary N) is 1. The Morgan fingerprint density at radius 2 is 2.16 bits per heavy atom. The topological polar surface area (TPSA) is 64.3 Å². The summed E-state index contributed by atoms with van der Waals surface area (Å²) in [6, 6.07) is 5.40. The van der Waals surface area contributed by atoms with E-state index >= 15 is 0 Å². The average Bonchev–Trinajstić information content (AvgIpc) is 2.36. The second kappa shape index (κ2) is 7.36. The molecule has 0 bridgehead atoms. The third-order valence-electron chi connectivity index (χ3n) is 2.86. The van der Waals surface area contributed by atoms with Gasteiger partial charge >= 0.3 is 0 Å². The Morgan fingerprint density at radius 1 is 1.47 bits per heavy atom. The fourth-order valence-electron chi connectivity index (χ4n) is 1.48. The van der Waals surface area contributed by atoms with Crippen LogP contribution < -0.4 is 15.8 Å². The summed E-state index contributed by atoms with van der Waals surface area (Å²) in [7, 11) is 0. The van der Waals surface area contributed by atoms with Gasteiger partial charge in [-0.3, -0.25) is 4.79 Å². The van der Waals surface area contributed by atoms with E-state index in [2.05, 4.69) is 5.32 Å². The lowest BCUT2D eigenvalue weighted by molar-refractivity contribution is -0.123. The Balaban J connectivity index is 2.56. The standard InChI is InChI=1S/C14H21ClN2O2/c1-4-9(2)17-14(18)8-19-13-6-5-11(10(3)16)7-12(13)15/h5-7,9-10H,4,8,16H2,1-3H3,(H,17,18)/t9?,10-/m1/s1. The first kappa shape index (κ1) is 15.8. The minimum absolute atomic E-state index is 0.0401. The van der Waals surface area contributed by atoms with E-state index < -0.39 is 0 Å². The molecule has 0 radical (unpaired) electrons. The highest BCUT2D eigenvalue weighted by Gasteiger charge is 2.09. The second-order valence-corrected chi connectivity index (χ2v) is 5.05. The molecule has 0 heterocycles. The van der Waals surface area contributed by atoms with Crippen LogP contribution in [0.3, 0.4) is 0 Å². The second-order valence-electron chi connectivity index (χ2n) is 4.64. The van der Waals surface area contributed by atoms with Crippen molar-refractivity contribution >= 4 is 17.5 Å². The highest BCUT2D eigenvalue weighted by atomic mass is 35.5. The van der Waals surface area contributed by atoms with Crippen LogP contribution in [0.15, 0.2) is 18.2 Å². The molecule has 5 heteroatoms. The van der Waals surface area contributed by atoms with Crippen molar-refractivity contribution in [1.29, 1.82) is 0 Å². The van der Waals surface area contributed by atoms with Gasteiger partial charge < -0.3 is 15.8 Å². The number of rotatable bonds is 6. The molecular formula is C14H21ClN2O2. The first-order valence-corrected chi connectivity index (χ1v) is 6.79. The first-order valence-electron chi connectivity index (χ1n) is 6.41. The van der Waals surface area contributed by atoms with Crippen molar-refractivity contribution in [2.24, 2.45) is 5.73 Å². The summed E-state index contributed by atoms with van der Waals surface area (Å²) in [5, 5.41) is 3.29. The fraction of sp³-hybridized carbons (Fsp3) is 0.500. The van der Waals surface area contributed by atoms with Crippen LogP contribution in [-0.4, -0.2) is 18.6 Å². The molecule has 1 aromatic carbocycles. The zero-order chi connectivity index (χ0) is 14.4. The van der Waals surface area contributed by atoms with Crippen LogP contribution in [0.25, 0.3) is 0 Å². The molecule has 1 amide bonds. The Morgan fingerprint density at radius 3 is 2.68 bits per heavy atom. The number of halogens is 1. The largest absolute Gasteiger partial charge is 0.482 e. The summed E-state index contributed by atoms with van der Waals surface area (Å²) in [6.07, 6.45) is 0.885. The summed E-state index contributed by atoms with van der Waals surface area (Å²) < 4.78 is 5.39. The smallest absolute Gasteiger partial charge is 0.258 e. The molecule has 0 aromatic heterocycles. The number of amides is 1. The van der Waals surface area contributed by atoms with Crippen molar-refractivity contribution in [2.75, 3.05) is 6.61 Å². The quantitative estimate of drug-likeness (QED) is 0.844. The third-order valence-corrected chi connectivity index (χ3v) is 3.16. The molecule has 106 valence electrons. The Kier molecular flexibility index (Phi) is 6.12. The van der Waals surface area contributed by atoms with E-state index in [1.807, 2.05) is 26.8 Å². The minimum Gasteiger partial charge on any atom is -0.482 e. The van der Waals surface area contributed by atoms with E-state index in [1.54, 1.807) is 12.1 Å². The molecular weight excluding hydrogens is 264 g/mol. The van der Waals surface area contributed by atoms with Crippen molar-refractivity contribution in [3.63, 3.8) is 0 Å². The summed E-state index contributed by atoms with van der Waals surface area (Å²) >= 11 is 6.08. The predicted molar refractivity (Wildman–Crippen MR) is 77.4 cm³/mol. The van der Waals surface area contributed by atoms with Crippen molar-refractivity contribution in [3.05, 3.63) is 28.8 Å². The van der Waals surface area contributed by atoms with Crippen molar-refractivity contribution in [3.8, 4) is 5.75 Å². The van der Waals surface area contributed by atoms with Gasteiger partial charge in [0, 0.05) is 12.1 Å². The molecule has 0 aliphatic heterocycles. The van der Waals surface area contributed by atoms with Crippen LogP contribution in [0.5, 0.6) is 5.75 Å². The van der Waals surface area contributed by atoms with Crippen LogP contribution >= 0.6 is 11.6 Å². The third kappa shape index (κ3) is 5.09. The molecule has 3 N–H and O–H groups in total. The van der Waals surface area contributed by atoms with Gasteiger partial charge in [-0.15, -0.1) is 0 Å². The van der Waals surface area contributed by atoms with Crippen LogP contribution in [0.2, 0.25) is 5.02 Å². The highest BCUT2D eigenvalue weighted by molar-refractivity contribution is 6.32. The van der Waals surface area contributed by atoms with Crippen molar-refractivity contribution < 1.29 is 9.53 Å². The number of ether oxygens (including phenoxy) is 1. The molecule has 2 atom stereocenters. The Labute approximate surface area is 119 Å². The molecule has 0 saturated carbocycles. The first-order chi connectivity index (χ1) is 8.93. The van der Waals surface area contributed by atoms with Gasteiger partial charge in [-0.2, -0.15) is 0 Å². The van der Waals surface area contributed by atoms with Crippen LogP contribution in [-0.2, 0) is 4.79 Å². The van der Waals surface area contributed by atoms with E-state index in [-0.39, 0.29) is 24.6 Å². The summed E-state index contributed by atoms with van der Waals surface area (Å²) in [6.45, 7) is 5.80. The van der Waals surface area contributed by atoms with Crippen LogP contribution in [0.1, 0.15) is 38.8 Å². The van der Waals surface area contributed by atoms with Gasteiger partial charge in [-0.05, 0) is 38.0 Å². The van der Waals surface area contributed by atoms with Gasteiger partial charge in [0.2, 0.25) is 0 Å². The molecule has 0 aliphatic carbocycles. The number of benzene rings is 1. The van der Waals surface area contributed by atoms with Crippen molar-refractivity contribution in [2.45, 2.75) is 39.3 Å². The number of hydrogen-bond acceptors (Lipinski definition) is 3. The lowest BCUT2D eigenvalue weighted by Gasteiger charge is -2.13.